The quantitative estimate of drug-likeness (QED) is 0.714. The molecule has 0 aliphatic heterocycles. The fraction of sp³-hybridized carbons (Fsp3) is 0.400. The minimum Gasteiger partial charge on any atom is -0.494 e. The zero-order valence-electron chi connectivity index (χ0n) is 8.78. The summed E-state index contributed by atoms with van der Waals surface area (Å²) in [7, 11) is 0. The Morgan fingerprint density at radius 1 is 1.47 bits per heavy atom. The molecule has 0 radical (unpaired) electrons. The second-order valence-corrected chi connectivity index (χ2v) is 3.22. The summed E-state index contributed by atoms with van der Waals surface area (Å²) in [5, 5.41) is 9.58. The molecule has 0 saturated heterocycles. The van der Waals surface area contributed by atoms with E-state index < -0.39 is 11.2 Å². The van der Waals surface area contributed by atoms with Gasteiger partial charge in [0, 0.05) is 6.54 Å². The van der Waals surface area contributed by atoms with E-state index in [1.54, 1.807) is 0 Å². The Bertz CT molecular complexity index is 482. The molecule has 0 bridgehead atoms. The van der Waals surface area contributed by atoms with Gasteiger partial charge in [-0.15, -0.1) is 0 Å². The monoisotopic (exact) mass is 210 g/mol. The summed E-state index contributed by atoms with van der Waals surface area (Å²) in [6, 6.07) is 0. The number of H-pyrrole nitrogens is 1. The highest BCUT2D eigenvalue weighted by Crippen LogP contribution is 2.08. The number of hydrogen-bond acceptors (Lipinski definition) is 3. The van der Waals surface area contributed by atoms with E-state index >= 15 is 0 Å². The third-order valence-corrected chi connectivity index (χ3v) is 2.15. The van der Waals surface area contributed by atoms with E-state index in [0.717, 1.165) is 4.57 Å². The predicted molar refractivity (Wildman–Crippen MR) is 57.2 cm³/mol. The number of nitrogens with one attached hydrogen (secondary N) is 1. The van der Waals surface area contributed by atoms with E-state index in [4.69, 9.17) is 0 Å². The van der Waals surface area contributed by atoms with Gasteiger partial charge >= 0.3 is 5.69 Å². The highest BCUT2D eigenvalue weighted by atomic mass is 16.3. The van der Waals surface area contributed by atoms with Crippen LogP contribution in [0.3, 0.4) is 0 Å². The van der Waals surface area contributed by atoms with Crippen molar-refractivity contribution < 1.29 is 5.11 Å². The molecule has 0 aliphatic carbocycles. The smallest absolute Gasteiger partial charge is 0.331 e. The van der Waals surface area contributed by atoms with Gasteiger partial charge in [0.2, 0.25) is 5.88 Å². The summed E-state index contributed by atoms with van der Waals surface area (Å²) in [4.78, 5) is 24.6. The molecule has 0 saturated carbocycles. The molecule has 0 aromatic carbocycles. The van der Waals surface area contributed by atoms with E-state index in [9.17, 15) is 14.7 Å². The van der Waals surface area contributed by atoms with Crippen molar-refractivity contribution in [3.63, 3.8) is 0 Å². The summed E-state index contributed by atoms with van der Waals surface area (Å²) in [6.07, 6.45) is 4.38. The van der Waals surface area contributed by atoms with Crippen LogP contribution in [-0.2, 0) is 6.54 Å². The van der Waals surface area contributed by atoms with E-state index in [2.05, 4.69) is 4.98 Å². The molecule has 1 aromatic heterocycles. The first-order chi connectivity index (χ1) is 7.07. The van der Waals surface area contributed by atoms with Crippen molar-refractivity contribution in [1.82, 2.24) is 9.55 Å². The first kappa shape index (κ1) is 11.3. The third kappa shape index (κ3) is 2.37. The number of aromatic amines is 1. The van der Waals surface area contributed by atoms with E-state index in [0.29, 0.717) is 13.0 Å². The van der Waals surface area contributed by atoms with Crippen LogP contribution in [0, 0.1) is 6.92 Å². The zero-order valence-corrected chi connectivity index (χ0v) is 8.78. The zero-order chi connectivity index (χ0) is 11.4. The van der Waals surface area contributed by atoms with Crippen LogP contribution in [0.15, 0.2) is 21.7 Å². The average Bonchev–Trinajstić information content (AvgIpc) is 2.20. The maximum absolute atomic E-state index is 11.3. The maximum atomic E-state index is 11.3. The van der Waals surface area contributed by atoms with Crippen molar-refractivity contribution >= 4 is 0 Å². The lowest BCUT2D eigenvalue weighted by atomic mass is 10.3. The lowest BCUT2D eigenvalue weighted by Crippen LogP contribution is -2.31. The van der Waals surface area contributed by atoms with Gasteiger partial charge in [0.25, 0.3) is 5.56 Å². The minimum absolute atomic E-state index is 0.162. The minimum atomic E-state index is -0.576. The van der Waals surface area contributed by atoms with Crippen molar-refractivity contribution in [2.45, 2.75) is 26.8 Å². The van der Waals surface area contributed by atoms with Crippen LogP contribution in [0.25, 0.3) is 0 Å². The molecule has 1 aromatic rings. The van der Waals surface area contributed by atoms with Gasteiger partial charge in [-0.2, -0.15) is 0 Å². The van der Waals surface area contributed by atoms with Crippen LogP contribution in [0.2, 0.25) is 0 Å². The van der Waals surface area contributed by atoms with Crippen molar-refractivity contribution in [2.24, 2.45) is 0 Å². The van der Waals surface area contributed by atoms with Gasteiger partial charge in [-0.25, -0.2) is 4.79 Å². The lowest BCUT2D eigenvalue weighted by Gasteiger charge is -2.07. The molecule has 0 aliphatic rings. The molecule has 5 heteroatoms. The Hall–Kier alpha value is -1.78. The average molecular weight is 210 g/mol. The van der Waals surface area contributed by atoms with E-state index in [1.807, 2.05) is 19.1 Å². The Balaban J connectivity index is 3.13. The van der Waals surface area contributed by atoms with Crippen LogP contribution in [-0.4, -0.2) is 14.7 Å². The fourth-order valence-electron chi connectivity index (χ4n) is 1.24. The number of hydrogen-bond donors (Lipinski definition) is 2. The Labute approximate surface area is 86.7 Å². The number of aromatic hydroxyl groups is 1. The summed E-state index contributed by atoms with van der Waals surface area (Å²) in [5.74, 6) is -0.256. The van der Waals surface area contributed by atoms with E-state index in [-0.39, 0.29) is 11.4 Å². The molecule has 82 valence electrons. The van der Waals surface area contributed by atoms with Gasteiger partial charge in [0.15, 0.2) is 0 Å². The molecular weight excluding hydrogens is 196 g/mol. The molecular formula is C10H14N2O3. The number of rotatable bonds is 3. The molecule has 0 fully saturated rings. The van der Waals surface area contributed by atoms with E-state index in [1.165, 1.54) is 6.92 Å². The van der Waals surface area contributed by atoms with Crippen LogP contribution in [0.1, 0.15) is 18.9 Å². The maximum Gasteiger partial charge on any atom is 0.331 e. The van der Waals surface area contributed by atoms with Gasteiger partial charge < -0.3 is 5.11 Å². The number of nitrogens with zero attached hydrogens (tertiary/aromatic N) is 1. The largest absolute Gasteiger partial charge is 0.494 e. The first-order valence-electron chi connectivity index (χ1n) is 4.71. The van der Waals surface area contributed by atoms with Crippen LogP contribution in [0.4, 0.5) is 0 Å². The van der Waals surface area contributed by atoms with Crippen molar-refractivity contribution in [3.05, 3.63) is 38.6 Å². The summed E-state index contributed by atoms with van der Waals surface area (Å²) >= 11 is 0. The predicted octanol–water partition coefficient (Wildman–Crippen LogP) is 0.517. The molecule has 2 N–H and O–H groups in total. The molecule has 5 nitrogen and oxygen atoms in total. The molecule has 1 heterocycles. The number of allylic oxidation sites excluding steroid dienone is 2. The Morgan fingerprint density at radius 2 is 2.13 bits per heavy atom. The van der Waals surface area contributed by atoms with Crippen LogP contribution in [0.5, 0.6) is 5.88 Å². The normalized spacial score (nSPS) is 11.1. The lowest BCUT2D eigenvalue weighted by molar-refractivity contribution is 0.396. The molecule has 15 heavy (non-hydrogen) atoms. The second-order valence-electron chi connectivity index (χ2n) is 3.22. The van der Waals surface area contributed by atoms with Crippen LogP contribution < -0.4 is 11.2 Å². The summed E-state index contributed by atoms with van der Waals surface area (Å²) < 4.78 is 1.15. The van der Waals surface area contributed by atoms with Crippen molar-refractivity contribution in [2.75, 3.05) is 0 Å². The summed E-state index contributed by atoms with van der Waals surface area (Å²) in [5.41, 5.74) is -0.956. The van der Waals surface area contributed by atoms with Crippen LogP contribution >= 0.6 is 0 Å². The highest BCUT2D eigenvalue weighted by molar-refractivity contribution is 5.20. The molecule has 1 rings (SSSR count). The van der Waals surface area contributed by atoms with Gasteiger partial charge in [-0.1, -0.05) is 12.2 Å². The fourth-order valence-corrected chi connectivity index (χ4v) is 1.24. The Kier molecular flexibility index (Phi) is 3.49. The first-order valence-corrected chi connectivity index (χ1v) is 4.71. The van der Waals surface area contributed by atoms with Gasteiger partial charge in [-0.3, -0.25) is 14.3 Å². The SMILES string of the molecule is C/C=C/CCn1c(O)c(C)c(=O)[nH]c1=O. The van der Waals surface area contributed by atoms with Gasteiger partial charge in [0.1, 0.15) is 0 Å². The highest BCUT2D eigenvalue weighted by Gasteiger charge is 2.08. The molecule has 0 spiro atoms. The second kappa shape index (κ2) is 4.63. The Morgan fingerprint density at radius 3 is 2.73 bits per heavy atom. The molecule has 0 atom stereocenters. The third-order valence-electron chi connectivity index (χ3n) is 2.15. The standard InChI is InChI=1S/C10H14N2O3/c1-3-4-5-6-12-9(14)7(2)8(13)11-10(12)15/h3-4,14H,5-6H2,1-2H3,(H,11,13,15)/b4-3+. The van der Waals surface area contributed by atoms with Gasteiger partial charge in [-0.05, 0) is 20.3 Å². The topological polar surface area (TPSA) is 75.1 Å². The van der Waals surface area contributed by atoms with Crippen molar-refractivity contribution in [3.8, 4) is 5.88 Å². The summed E-state index contributed by atoms with van der Waals surface area (Å²) in [6.45, 7) is 3.70. The number of aromatic nitrogens is 2. The molecule has 0 amide bonds. The molecule has 0 unspecified atom stereocenters. The van der Waals surface area contributed by atoms with Crippen molar-refractivity contribution in [1.29, 1.82) is 0 Å². The van der Waals surface area contributed by atoms with Gasteiger partial charge in [0.05, 0.1) is 5.56 Å².